The highest BCUT2D eigenvalue weighted by molar-refractivity contribution is 4.94. The summed E-state index contributed by atoms with van der Waals surface area (Å²) in [4.78, 5) is 2.40. The van der Waals surface area contributed by atoms with E-state index in [9.17, 15) is 0 Å². The molecule has 0 radical (unpaired) electrons. The first-order valence-corrected chi connectivity index (χ1v) is 3.63. The summed E-state index contributed by atoms with van der Waals surface area (Å²) in [5, 5.41) is 0. The van der Waals surface area contributed by atoms with Crippen molar-refractivity contribution in [1.29, 1.82) is 0 Å². The van der Waals surface area contributed by atoms with Crippen LogP contribution in [0.1, 0.15) is 13.3 Å². The number of nitrogens with zero attached hydrogens (tertiary/aromatic N) is 1. The van der Waals surface area contributed by atoms with Crippen LogP contribution in [0.15, 0.2) is 0 Å². The molecule has 0 amide bonds. The average molecular weight is 127 g/mol. The Kier molecular flexibility index (Phi) is 1.08. The number of likely N-dealkylation sites (N-methyl/N-ethyl adjacent to an activating group) is 1. The summed E-state index contributed by atoms with van der Waals surface area (Å²) in [6.45, 7) is 3.31. The Labute approximate surface area is 55.8 Å². The Bertz CT molecular complexity index is 114. The van der Waals surface area contributed by atoms with Crippen LogP contribution < -0.4 is 0 Å². The van der Waals surface area contributed by atoms with Crippen LogP contribution in [-0.4, -0.2) is 36.7 Å². The molecule has 2 bridgehead atoms. The first-order chi connectivity index (χ1) is 4.27. The first kappa shape index (κ1) is 5.69. The highest BCUT2D eigenvalue weighted by Gasteiger charge is 2.41. The third-order valence-electron chi connectivity index (χ3n) is 2.51. The van der Waals surface area contributed by atoms with E-state index in [1.165, 1.54) is 6.42 Å². The van der Waals surface area contributed by atoms with Crippen LogP contribution in [0.4, 0.5) is 0 Å². The molecule has 0 aromatic rings. The third-order valence-corrected chi connectivity index (χ3v) is 2.51. The molecule has 9 heavy (non-hydrogen) atoms. The zero-order chi connectivity index (χ0) is 6.43. The molecule has 3 atom stereocenters. The Balaban J connectivity index is 2.13. The van der Waals surface area contributed by atoms with Gasteiger partial charge >= 0.3 is 0 Å². The number of ether oxygens (including phenoxy) is 1. The van der Waals surface area contributed by atoms with Crippen molar-refractivity contribution in [1.82, 2.24) is 4.90 Å². The van der Waals surface area contributed by atoms with E-state index in [0.29, 0.717) is 12.2 Å². The van der Waals surface area contributed by atoms with Crippen LogP contribution in [0.25, 0.3) is 0 Å². The third kappa shape index (κ3) is 0.700. The van der Waals surface area contributed by atoms with Gasteiger partial charge in [0.05, 0.1) is 12.2 Å². The Morgan fingerprint density at radius 3 is 2.67 bits per heavy atom. The van der Waals surface area contributed by atoms with Gasteiger partial charge < -0.3 is 4.74 Å². The molecule has 2 aliphatic heterocycles. The van der Waals surface area contributed by atoms with E-state index in [1.54, 1.807) is 0 Å². The maximum absolute atomic E-state index is 5.59. The second-order valence-electron chi connectivity index (χ2n) is 3.21. The molecule has 2 heteroatoms. The summed E-state index contributed by atoms with van der Waals surface area (Å²) in [7, 11) is 2.18. The molecule has 3 unspecified atom stereocenters. The number of rotatable bonds is 0. The number of morpholine rings is 1. The van der Waals surface area contributed by atoms with Gasteiger partial charge in [0.1, 0.15) is 0 Å². The van der Waals surface area contributed by atoms with Crippen molar-refractivity contribution < 1.29 is 4.74 Å². The van der Waals surface area contributed by atoms with Crippen molar-refractivity contribution in [3.63, 3.8) is 0 Å². The van der Waals surface area contributed by atoms with Crippen molar-refractivity contribution in [2.45, 2.75) is 31.6 Å². The molecule has 2 fully saturated rings. The predicted octanol–water partition coefficient (Wildman–Crippen LogP) is 0.478. The van der Waals surface area contributed by atoms with Gasteiger partial charge in [-0.2, -0.15) is 0 Å². The minimum Gasteiger partial charge on any atom is -0.372 e. The maximum atomic E-state index is 5.59. The van der Waals surface area contributed by atoms with Gasteiger partial charge in [-0.1, -0.05) is 0 Å². The van der Waals surface area contributed by atoms with E-state index in [4.69, 9.17) is 4.74 Å². The molecule has 0 aromatic carbocycles. The lowest BCUT2D eigenvalue weighted by Gasteiger charge is -2.27. The maximum Gasteiger partial charge on any atom is 0.0722 e. The van der Waals surface area contributed by atoms with Crippen molar-refractivity contribution in [3.05, 3.63) is 0 Å². The summed E-state index contributed by atoms with van der Waals surface area (Å²) in [6, 6.07) is 0.718. The van der Waals surface area contributed by atoms with Gasteiger partial charge in [0, 0.05) is 12.6 Å². The van der Waals surface area contributed by atoms with Crippen molar-refractivity contribution >= 4 is 0 Å². The zero-order valence-electron chi connectivity index (χ0n) is 6.00. The molecule has 0 aliphatic carbocycles. The Hall–Kier alpha value is -0.0800. The molecule has 2 saturated heterocycles. The number of hydrogen-bond acceptors (Lipinski definition) is 2. The largest absolute Gasteiger partial charge is 0.372 e. The summed E-state index contributed by atoms with van der Waals surface area (Å²) in [6.07, 6.45) is 2.29. The summed E-state index contributed by atoms with van der Waals surface area (Å²) >= 11 is 0. The van der Waals surface area contributed by atoms with Gasteiger partial charge in [-0.05, 0) is 20.4 Å². The van der Waals surface area contributed by atoms with E-state index in [2.05, 4.69) is 18.9 Å². The molecular weight excluding hydrogens is 114 g/mol. The topological polar surface area (TPSA) is 12.5 Å². The van der Waals surface area contributed by atoms with E-state index < -0.39 is 0 Å². The molecular formula is C7H13NO. The van der Waals surface area contributed by atoms with E-state index in [0.717, 1.165) is 12.6 Å². The second kappa shape index (κ2) is 1.70. The molecule has 0 N–H and O–H groups in total. The van der Waals surface area contributed by atoms with Crippen LogP contribution in [0, 0.1) is 0 Å². The minimum absolute atomic E-state index is 0.480. The van der Waals surface area contributed by atoms with Gasteiger partial charge in [-0.15, -0.1) is 0 Å². The average Bonchev–Trinajstić information content (AvgIpc) is 2.22. The van der Waals surface area contributed by atoms with Crippen LogP contribution in [-0.2, 0) is 4.74 Å². The fraction of sp³-hybridized carbons (Fsp3) is 1.00. The summed E-state index contributed by atoms with van der Waals surface area (Å²) in [5.74, 6) is 0. The lowest BCUT2D eigenvalue weighted by Crippen LogP contribution is -2.38. The quantitative estimate of drug-likeness (QED) is 0.469. The first-order valence-electron chi connectivity index (χ1n) is 3.63. The SMILES string of the molecule is CC1OC2CC1N(C)C2. The number of likely N-dealkylation sites (tertiary alicyclic amines) is 1. The van der Waals surface area contributed by atoms with Crippen molar-refractivity contribution in [2.24, 2.45) is 0 Å². The van der Waals surface area contributed by atoms with Crippen LogP contribution in [0.5, 0.6) is 0 Å². The minimum atomic E-state index is 0.480. The monoisotopic (exact) mass is 127 g/mol. The zero-order valence-corrected chi connectivity index (χ0v) is 6.00. The van der Waals surface area contributed by atoms with E-state index in [1.807, 2.05) is 0 Å². The number of fused-ring (bicyclic) bond motifs is 2. The lowest BCUT2D eigenvalue weighted by molar-refractivity contribution is -0.0150. The molecule has 2 rings (SSSR count). The molecule has 0 saturated carbocycles. The van der Waals surface area contributed by atoms with Crippen molar-refractivity contribution in [3.8, 4) is 0 Å². The normalized spacial score (nSPS) is 50.7. The van der Waals surface area contributed by atoms with Gasteiger partial charge in [0.25, 0.3) is 0 Å². The standard InChI is InChI=1S/C7H13NO/c1-5-7-3-6(9-5)4-8(7)2/h5-7H,3-4H2,1-2H3. The van der Waals surface area contributed by atoms with Gasteiger partial charge in [0.15, 0.2) is 0 Å². The molecule has 0 aromatic heterocycles. The van der Waals surface area contributed by atoms with E-state index >= 15 is 0 Å². The second-order valence-corrected chi connectivity index (χ2v) is 3.21. The van der Waals surface area contributed by atoms with Gasteiger partial charge in [0.2, 0.25) is 0 Å². The Morgan fingerprint density at radius 1 is 1.56 bits per heavy atom. The van der Waals surface area contributed by atoms with E-state index in [-0.39, 0.29) is 0 Å². The smallest absolute Gasteiger partial charge is 0.0722 e. The predicted molar refractivity (Wildman–Crippen MR) is 35.4 cm³/mol. The molecule has 52 valence electrons. The fourth-order valence-corrected chi connectivity index (χ4v) is 2.02. The van der Waals surface area contributed by atoms with Crippen molar-refractivity contribution in [2.75, 3.05) is 13.6 Å². The highest BCUT2D eigenvalue weighted by atomic mass is 16.5. The molecule has 2 nitrogen and oxygen atoms in total. The van der Waals surface area contributed by atoms with Gasteiger partial charge in [-0.25, -0.2) is 0 Å². The fourth-order valence-electron chi connectivity index (χ4n) is 2.02. The lowest BCUT2D eigenvalue weighted by atomic mass is 10.2. The number of hydrogen-bond donors (Lipinski definition) is 0. The molecule has 0 spiro atoms. The van der Waals surface area contributed by atoms with Crippen LogP contribution >= 0.6 is 0 Å². The Morgan fingerprint density at radius 2 is 2.33 bits per heavy atom. The summed E-state index contributed by atoms with van der Waals surface area (Å²) < 4.78 is 5.59. The summed E-state index contributed by atoms with van der Waals surface area (Å²) in [5.41, 5.74) is 0. The van der Waals surface area contributed by atoms with Gasteiger partial charge in [-0.3, -0.25) is 4.90 Å². The van der Waals surface area contributed by atoms with Crippen LogP contribution in [0.2, 0.25) is 0 Å². The molecule has 2 heterocycles. The van der Waals surface area contributed by atoms with Crippen LogP contribution in [0.3, 0.4) is 0 Å². The highest BCUT2D eigenvalue weighted by Crippen LogP contribution is 2.30. The molecule has 2 aliphatic rings.